The van der Waals surface area contributed by atoms with Gasteiger partial charge in [-0.2, -0.15) is 4.98 Å². The van der Waals surface area contributed by atoms with Crippen molar-refractivity contribution in [3.63, 3.8) is 0 Å². The average Bonchev–Trinajstić information content (AvgIpc) is 3.09. The molecule has 0 saturated heterocycles. The molecule has 9 heteroatoms. The number of benzene rings is 1. The van der Waals surface area contributed by atoms with Gasteiger partial charge >= 0.3 is 0 Å². The number of carbonyl (C=O) groups is 1. The second-order valence-electron chi connectivity index (χ2n) is 5.09. The van der Waals surface area contributed by atoms with Crippen LogP contribution in [0.5, 0.6) is 0 Å². The predicted octanol–water partition coefficient (Wildman–Crippen LogP) is 1.56. The van der Waals surface area contributed by atoms with Crippen molar-refractivity contribution in [3.8, 4) is 0 Å². The first-order valence-electron chi connectivity index (χ1n) is 7.48. The van der Waals surface area contributed by atoms with Gasteiger partial charge in [0.1, 0.15) is 17.3 Å². The molecule has 0 unspecified atom stereocenters. The van der Waals surface area contributed by atoms with E-state index in [1.807, 2.05) is 0 Å². The summed E-state index contributed by atoms with van der Waals surface area (Å²) in [5, 5.41) is 9.21. The Morgan fingerprint density at radius 1 is 1.24 bits per heavy atom. The van der Waals surface area contributed by atoms with Gasteiger partial charge in [0.25, 0.3) is 5.91 Å². The van der Waals surface area contributed by atoms with Crippen molar-refractivity contribution in [3.05, 3.63) is 65.4 Å². The smallest absolute Gasteiger partial charge is 0.271 e. The topological polar surface area (TPSA) is 106 Å². The molecule has 25 heavy (non-hydrogen) atoms. The number of rotatable bonds is 6. The van der Waals surface area contributed by atoms with Crippen molar-refractivity contribution < 1.29 is 13.7 Å². The minimum atomic E-state index is -0.413. The van der Waals surface area contributed by atoms with Crippen LogP contribution < -0.4 is 10.6 Å². The molecule has 3 rings (SSSR count). The first-order valence-corrected chi connectivity index (χ1v) is 7.48. The predicted molar refractivity (Wildman–Crippen MR) is 86.3 cm³/mol. The summed E-state index contributed by atoms with van der Waals surface area (Å²) in [6, 6.07) is 6.37. The maximum Gasteiger partial charge on any atom is 0.271 e. The summed E-state index contributed by atoms with van der Waals surface area (Å²) in [5.41, 5.74) is 0.642. The van der Waals surface area contributed by atoms with E-state index in [4.69, 9.17) is 4.52 Å². The Kier molecular flexibility index (Phi) is 4.93. The van der Waals surface area contributed by atoms with Crippen LogP contribution in [0.1, 0.15) is 27.8 Å². The molecule has 0 saturated carbocycles. The van der Waals surface area contributed by atoms with E-state index in [9.17, 15) is 9.18 Å². The van der Waals surface area contributed by atoms with Crippen LogP contribution in [0.25, 0.3) is 0 Å². The summed E-state index contributed by atoms with van der Waals surface area (Å²) < 4.78 is 18.7. The fourth-order valence-electron chi connectivity index (χ4n) is 2.07. The number of aromatic nitrogens is 4. The lowest BCUT2D eigenvalue weighted by molar-refractivity contribution is 0.0941. The number of hydrogen-bond donors (Lipinski definition) is 2. The molecule has 0 fully saturated rings. The largest absolute Gasteiger partial charge is 0.372 e. The molecule has 2 aromatic heterocycles. The van der Waals surface area contributed by atoms with E-state index in [0.717, 1.165) is 0 Å². The second kappa shape index (κ2) is 7.47. The fourth-order valence-corrected chi connectivity index (χ4v) is 2.07. The van der Waals surface area contributed by atoms with E-state index >= 15 is 0 Å². The number of halogens is 1. The molecule has 0 aliphatic rings. The van der Waals surface area contributed by atoms with Gasteiger partial charge in [0, 0.05) is 13.5 Å². The lowest BCUT2D eigenvalue weighted by Crippen LogP contribution is -2.24. The molecule has 2 N–H and O–H groups in total. The second-order valence-corrected chi connectivity index (χ2v) is 5.09. The lowest BCUT2D eigenvalue weighted by atomic mass is 10.1. The van der Waals surface area contributed by atoms with Crippen molar-refractivity contribution in [2.24, 2.45) is 0 Å². The highest BCUT2D eigenvalue weighted by atomic mass is 19.1. The third-order valence-electron chi connectivity index (χ3n) is 3.36. The van der Waals surface area contributed by atoms with E-state index in [1.54, 1.807) is 25.2 Å². The van der Waals surface area contributed by atoms with Crippen molar-refractivity contribution in [2.45, 2.75) is 13.0 Å². The molecule has 0 atom stereocenters. The highest BCUT2D eigenvalue weighted by Crippen LogP contribution is 2.11. The van der Waals surface area contributed by atoms with Gasteiger partial charge in [0.15, 0.2) is 5.82 Å². The molecule has 0 aliphatic carbocycles. The van der Waals surface area contributed by atoms with E-state index in [0.29, 0.717) is 17.2 Å². The Morgan fingerprint density at radius 2 is 2.08 bits per heavy atom. The fraction of sp³-hybridized carbons (Fsp3) is 0.188. The van der Waals surface area contributed by atoms with Gasteiger partial charge in [0.2, 0.25) is 5.89 Å². The first-order chi connectivity index (χ1) is 12.2. The van der Waals surface area contributed by atoms with Crippen LogP contribution >= 0.6 is 0 Å². The lowest BCUT2D eigenvalue weighted by Gasteiger charge is -2.02. The summed E-state index contributed by atoms with van der Waals surface area (Å²) >= 11 is 0. The molecule has 1 aromatic carbocycles. The number of nitrogens with zero attached hydrogens (tertiary/aromatic N) is 4. The molecule has 0 spiro atoms. The van der Waals surface area contributed by atoms with Gasteiger partial charge < -0.3 is 15.2 Å². The highest BCUT2D eigenvalue weighted by molar-refractivity contribution is 5.91. The number of nitrogens with one attached hydrogen (secondary N) is 2. The zero-order chi connectivity index (χ0) is 17.6. The summed E-state index contributed by atoms with van der Waals surface area (Å²) in [7, 11) is 1.71. The zero-order valence-corrected chi connectivity index (χ0v) is 13.4. The monoisotopic (exact) mass is 342 g/mol. The molecule has 0 bridgehead atoms. The van der Waals surface area contributed by atoms with Gasteiger partial charge in [-0.25, -0.2) is 14.4 Å². The van der Waals surface area contributed by atoms with Gasteiger partial charge in [-0.3, -0.25) is 4.79 Å². The third-order valence-corrected chi connectivity index (χ3v) is 3.36. The van der Waals surface area contributed by atoms with Crippen LogP contribution in [0.2, 0.25) is 0 Å². The molecule has 3 aromatic rings. The third kappa shape index (κ3) is 4.14. The van der Waals surface area contributed by atoms with Gasteiger partial charge in [0.05, 0.1) is 18.9 Å². The summed E-state index contributed by atoms with van der Waals surface area (Å²) in [4.78, 5) is 24.1. The van der Waals surface area contributed by atoms with Crippen LogP contribution in [0.3, 0.4) is 0 Å². The van der Waals surface area contributed by atoms with E-state index in [1.165, 1.54) is 18.5 Å². The van der Waals surface area contributed by atoms with E-state index in [-0.39, 0.29) is 30.4 Å². The SMILES string of the molecule is CNc1cnc(C(=O)NCc2nc(Cc3ccccc3F)no2)cn1. The molecular weight excluding hydrogens is 327 g/mol. The maximum absolute atomic E-state index is 13.6. The van der Waals surface area contributed by atoms with Crippen LogP contribution in [0, 0.1) is 5.82 Å². The Hall–Kier alpha value is -3.36. The standard InChI is InChI=1S/C16H15FN6O2/c1-18-14-8-19-12(7-20-14)16(24)21-9-15-22-13(23-25-15)6-10-4-2-3-5-11(10)17/h2-5,7-8H,6,9H2,1H3,(H,18,20)(H,21,24). The average molecular weight is 342 g/mol. The summed E-state index contributed by atoms with van der Waals surface area (Å²) in [6.07, 6.45) is 3.02. The highest BCUT2D eigenvalue weighted by Gasteiger charge is 2.12. The van der Waals surface area contributed by atoms with Gasteiger partial charge in [-0.1, -0.05) is 23.4 Å². The van der Waals surface area contributed by atoms with Gasteiger partial charge in [-0.05, 0) is 11.6 Å². The van der Waals surface area contributed by atoms with Crippen molar-refractivity contribution >= 4 is 11.7 Å². The molecule has 8 nitrogen and oxygen atoms in total. The Morgan fingerprint density at radius 3 is 2.80 bits per heavy atom. The molecule has 128 valence electrons. The summed E-state index contributed by atoms with van der Waals surface area (Å²) in [6.45, 7) is 0.0402. The number of hydrogen-bond acceptors (Lipinski definition) is 7. The van der Waals surface area contributed by atoms with Crippen molar-refractivity contribution in [1.82, 2.24) is 25.4 Å². The maximum atomic E-state index is 13.6. The van der Waals surface area contributed by atoms with Crippen LogP contribution in [-0.2, 0) is 13.0 Å². The number of carbonyl (C=O) groups excluding carboxylic acids is 1. The molecule has 2 heterocycles. The van der Waals surface area contributed by atoms with E-state index in [2.05, 4.69) is 30.7 Å². The number of anilines is 1. The number of amides is 1. The van der Waals surface area contributed by atoms with E-state index < -0.39 is 5.91 Å². The Labute approximate surface area is 142 Å². The molecule has 1 amide bonds. The minimum absolute atomic E-state index is 0.0402. The van der Waals surface area contributed by atoms with Crippen LogP contribution in [-0.4, -0.2) is 33.1 Å². The molecular formula is C16H15FN6O2. The quantitative estimate of drug-likeness (QED) is 0.700. The molecule has 0 radical (unpaired) electrons. The Balaban J connectivity index is 1.58. The zero-order valence-electron chi connectivity index (χ0n) is 13.4. The first kappa shape index (κ1) is 16.5. The van der Waals surface area contributed by atoms with Crippen molar-refractivity contribution in [1.29, 1.82) is 0 Å². The Bertz CT molecular complexity index is 865. The van der Waals surface area contributed by atoms with Crippen LogP contribution in [0.15, 0.2) is 41.2 Å². The normalized spacial score (nSPS) is 10.5. The summed E-state index contributed by atoms with van der Waals surface area (Å²) in [5.74, 6) is 0.382. The minimum Gasteiger partial charge on any atom is -0.372 e. The molecule has 0 aliphatic heterocycles. The van der Waals surface area contributed by atoms with Gasteiger partial charge in [-0.15, -0.1) is 0 Å². The van der Waals surface area contributed by atoms with Crippen LogP contribution in [0.4, 0.5) is 10.2 Å². The van der Waals surface area contributed by atoms with Crippen molar-refractivity contribution in [2.75, 3.05) is 12.4 Å².